The lowest BCUT2D eigenvalue weighted by atomic mass is 10.1. The number of aromatic nitrogens is 2. The summed E-state index contributed by atoms with van der Waals surface area (Å²) in [6.07, 6.45) is -2.61. The molecular weight excluding hydrogens is 237 g/mol. The zero-order valence-electron chi connectivity index (χ0n) is 8.88. The molecule has 2 rings (SSSR count). The van der Waals surface area contributed by atoms with Gasteiger partial charge in [0.05, 0.1) is 0 Å². The van der Waals surface area contributed by atoms with E-state index in [0.29, 0.717) is 0 Å². The lowest BCUT2D eigenvalue weighted by Crippen LogP contribution is -2.20. The number of hydrogen-bond acceptors (Lipinski definition) is 3. The van der Waals surface area contributed by atoms with Crippen LogP contribution in [0.2, 0.25) is 0 Å². The Balaban J connectivity index is 2.54. The normalized spacial score (nSPS) is 17.9. The number of nitrogens with zero attached hydrogens (tertiary/aromatic N) is 2. The number of carboxylic acid groups (broad SMARTS) is 1. The zero-order chi connectivity index (χ0) is 12.8. The third kappa shape index (κ3) is 2.09. The molecular formula is C10H9F3N2O2. The van der Waals surface area contributed by atoms with Crippen LogP contribution in [0.3, 0.4) is 0 Å². The highest BCUT2D eigenvalue weighted by molar-refractivity contribution is 5.88. The summed E-state index contributed by atoms with van der Waals surface area (Å²) in [6, 6.07) is 0. The van der Waals surface area contributed by atoms with Gasteiger partial charge in [0.25, 0.3) is 0 Å². The highest BCUT2D eigenvalue weighted by Gasteiger charge is 2.45. The van der Waals surface area contributed by atoms with Gasteiger partial charge in [-0.2, -0.15) is 13.2 Å². The van der Waals surface area contributed by atoms with Gasteiger partial charge < -0.3 is 5.11 Å². The Morgan fingerprint density at radius 3 is 2.47 bits per heavy atom. The molecule has 17 heavy (non-hydrogen) atoms. The molecule has 1 heterocycles. The van der Waals surface area contributed by atoms with Crippen LogP contribution in [0.1, 0.15) is 41.6 Å². The Hall–Kier alpha value is -1.66. The summed E-state index contributed by atoms with van der Waals surface area (Å²) < 4.78 is 37.9. The molecule has 4 nitrogen and oxygen atoms in total. The molecule has 7 heteroatoms. The van der Waals surface area contributed by atoms with Crippen molar-refractivity contribution in [3.05, 3.63) is 23.3 Å². The Morgan fingerprint density at radius 1 is 1.47 bits per heavy atom. The maximum absolute atomic E-state index is 12.6. The molecule has 1 saturated carbocycles. The van der Waals surface area contributed by atoms with Crippen LogP contribution in [-0.2, 0) is 11.6 Å². The Bertz CT molecular complexity index is 481. The Morgan fingerprint density at radius 2 is 2.06 bits per heavy atom. The smallest absolute Gasteiger partial charge is 0.434 e. The predicted molar refractivity (Wildman–Crippen MR) is 50.6 cm³/mol. The molecule has 0 radical (unpaired) electrons. The molecule has 0 unspecified atom stereocenters. The van der Waals surface area contributed by atoms with E-state index in [9.17, 15) is 18.0 Å². The summed E-state index contributed by atoms with van der Waals surface area (Å²) in [6.45, 7) is 1.75. The fraction of sp³-hybridized carbons (Fsp3) is 0.500. The molecule has 1 aromatic heterocycles. The van der Waals surface area contributed by atoms with Crippen molar-refractivity contribution >= 4 is 5.97 Å². The molecule has 0 aliphatic heterocycles. The number of alkyl halides is 3. The first-order valence-corrected chi connectivity index (χ1v) is 4.92. The maximum Gasteiger partial charge on any atom is 0.434 e. The van der Waals surface area contributed by atoms with Gasteiger partial charge in [-0.05, 0) is 12.8 Å². The van der Waals surface area contributed by atoms with Gasteiger partial charge in [-0.3, -0.25) is 0 Å². The van der Waals surface area contributed by atoms with Crippen LogP contribution in [0.4, 0.5) is 13.2 Å². The molecule has 1 N–H and O–H groups in total. The van der Waals surface area contributed by atoms with E-state index in [4.69, 9.17) is 5.11 Å². The molecule has 0 saturated heterocycles. The third-order valence-electron chi connectivity index (χ3n) is 2.83. The van der Waals surface area contributed by atoms with Crippen molar-refractivity contribution < 1.29 is 23.1 Å². The van der Waals surface area contributed by atoms with Crippen molar-refractivity contribution in [1.82, 2.24) is 9.97 Å². The van der Waals surface area contributed by atoms with Crippen molar-refractivity contribution in [2.45, 2.75) is 31.4 Å². The minimum Gasteiger partial charge on any atom is -0.478 e. The van der Waals surface area contributed by atoms with Crippen LogP contribution < -0.4 is 0 Å². The first-order valence-electron chi connectivity index (χ1n) is 4.92. The minimum absolute atomic E-state index is 0.0647. The Labute approximate surface area is 94.5 Å². The molecule has 0 bridgehead atoms. The fourth-order valence-electron chi connectivity index (χ4n) is 1.46. The van der Waals surface area contributed by atoms with Crippen molar-refractivity contribution in [1.29, 1.82) is 0 Å². The second-order valence-corrected chi connectivity index (χ2v) is 4.32. The second kappa shape index (κ2) is 3.41. The van der Waals surface area contributed by atoms with Gasteiger partial charge in [-0.15, -0.1) is 0 Å². The van der Waals surface area contributed by atoms with Gasteiger partial charge in [0.2, 0.25) is 0 Å². The van der Waals surface area contributed by atoms with Crippen molar-refractivity contribution in [3.8, 4) is 0 Å². The predicted octanol–water partition coefficient (Wildman–Crippen LogP) is 2.25. The molecule has 1 aliphatic rings. The number of hydrogen-bond donors (Lipinski definition) is 1. The molecule has 0 atom stereocenters. The van der Waals surface area contributed by atoms with Crippen LogP contribution in [0.25, 0.3) is 0 Å². The summed E-state index contributed by atoms with van der Waals surface area (Å²) in [5.41, 5.74) is -2.72. The standard InChI is InChI=1S/C10H9F3N2O2/c1-9(2-3-9)8-14-4-5(7(16)17)6(15-8)10(11,12)13/h4H,2-3H2,1H3,(H,16,17). The third-order valence-corrected chi connectivity index (χ3v) is 2.83. The number of halogens is 3. The van der Waals surface area contributed by atoms with Gasteiger partial charge in [0.1, 0.15) is 11.4 Å². The molecule has 0 spiro atoms. The summed E-state index contributed by atoms with van der Waals surface area (Å²) in [7, 11) is 0. The fourth-order valence-corrected chi connectivity index (χ4v) is 1.46. The number of carbonyl (C=O) groups is 1. The number of aromatic carboxylic acids is 1. The van der Waals surface area contributed by atoms with Crippen molar-refractivity contribution in [2.75, 3.05) is 0 Å². The van der Waals surface area contributed by atoms with Gasteiger partial charge >= 0.3 is 12.1 Å². The first-order chi connectivity index (χ1) is 7.74. The van der Waals surface area contributed by atoms with Crippen LogP contribution in [-0.4, -0.2) is 21.0 Å². The topological polar surface area (TPSA) is 63.1 Å². The SMILES string of the molecule is CC1(c2ncc(C(=O)O)c(C(F)(F)F)n2)CC1. The van der Waals surface area contributed by atoms with E-state index in [1.165, 1.54) is 0 Å². The van der Waals surface area contributed by atoms with E-state index >= 15 is 0 Å². The van der Waals surface area contributed by atoms with E-state index < -0.39 is 28.8 Å². The van der Waals surface area contributed by atoms with Crippen LogP contribution in [0.15, 0.2) is 6.20 Å². The van der Waals surface area contributed by atoms with Gasteiger partial charge in [-0.1, -0.05) is 6.92 Å². The van der Waals surface area contributed by atoms with Crippen molar-refractivity contribution in [2.24, 2.45) is 0 Å². The first kappa shape index (κ1) is 11.8. The highest BCUT2D eigenvalue weighted by Crippen LogP contribution is 2.46. The van der Waals surface area contributed by atoms with E-state index in [2.05, 4.69) is 9.97 Å². The number of carboxylic acids is 1. The average molecular weight is 246 g/mol. The summed E-state index contributed by atoms with van der Waals surface area (Å²) in [5.74, 6) is -1.61. The maximum atomic E-state index is 12.6. The highest BCUT2D eigenvalue weighted by atomic mass is 19.4. The van der Waals surface area contributed by atoms with E-state index in [1.54, 1.807) is 6.92 Å². The van der Waals surface area contributed by atoms with Crippen LogP contribution in [0, 0.1) is 0 Å². The lowest BCUT2D eigenvalue weighted by molar-refractivity contribution is -0.142. The monoisotopic (exact) mass is 246 g/mol. The molecule has 1 aromatic rings. The molecule has 1 aliphatic carbocycles. The largest absolute Gasteiger partial charge is 0.478 e. The Kier molecular flexibility index (Phi) is 2.37. The van der Waals surface area contributed by atoms with Gasteiger partial charge in [0, 0.05) is 11.6 Å². The summed E-state index contributed by atoms with van der Waals surface area (Å²) in [4.78, 5) is 17.8. The molecule has 92 valence electrons. The van der Waals surface area contributed by atoms with Crippen molar-refractivity contribution in [3.63, 3.8) is 0 Å². The lowest BCUT2D eigenvalue weighted by Gasteiger charge is -2.12. The van der Waals surface area contributed by atoms with Gasteiger partial charge in [0.15, 0.2) is 5.69 Å². The van der Waals surface area contributed by atoms with E-state index in [1.807, 2.05) is 0 Å². The average Bonchev–Trinajstić information content (AvgIpc) is 2.95. The molecule has 0 aromatic carbocycles. The second-order valence-electron chi connectivity index (χ2n) is 4.32. The summed E-state index contributed by atoms with van der Waals surface area (Å²) >= 11 is 0. The molecule has 0 amide bonds. The van der Waals surface area contributed by atoms with Crippen LogP contribution in [0.5, 0.6) is 0 Å². The van der Waals surface area contributed by atoms with Gasteiger partial charge in [-0.25, -0.2) is 14.8 Å². The number of rotatable bonds is 2. The minimum atomic E-state index is -4.78. The quantitative estimate of drug-likeness (QED) is 0.869. The molecule has 1 fully saturated rings. The van der Waals surface area contributed by atoms with E-state index in [0.717, 1.165) is 19.0 Å². The summed E-state index contributed by atoms with van der Waals surface area (Å²) in [5, 5.41) is 8.66. The zero-order valence-corrected chi connectivity index (χ0v) is 8.88. The van der Waals surface area contributed by atoms with Crippen LogP contribution >= 0.6 is 0 Å². The van der Waals surface area contributed by atoms with E-state index in [-0.39, 0.29) is 5.82 Å².